The van der Waals surface area contributed by atoms with Crippen molar-refractivity contribution in [1.29, 1.82) is 0 Å². The molecule has 2 N–H and O–H groups in total. The Morgan fingerprint density at radius 1 is 1.52 bits per heavy atom. The summed E-state index contributed by atoms with van der Waals surface area (Å²) in [4.78, 5) is 16.3. The molecule has 2 aromatic rings. The second kappa shape index (κ2) is 5.61. The molecule has 0 bridgehead atoms. The molecule has 2 heterocycles. The van der Waals surface area contributed by atoms with Gasteiger partial charge in [-0.25, -0.2) is 0 Å². The van der Waals surface area contributed by atoms with Crippen LogP contribution in [0.2, 0.25) is 0 Å². The van der Waals surface area contributed by atoms with Crippen LogP contribution in [0.3, 0.4) is 0 Å². The molecule has 0 spiro atoms. The van der Waals surface area contributed by atoms with E-state index in [4.69, 9.17) is 17.0 Å². The van der Waals surface area contributed by atoms with E-state index >= 15 is 0 Å². The van der Waals surface area contributed by atoms with Crippen LogP contribution >= 0.6 is 23.6 Å². The van der Waals surface area contributed by atoms with Gasteiger partial charge in [0.05, 0.1) is 12.5 Å². The Balaban J connectivity index is 1.71. The number of rotatable bonds is 3. The number of carbonyl (C=O) groups excluding carboxylic acids is 1. The van der Waals surface area contributed by atoms with Crippen molar-refractivity contribution in [2.24, 2.45) is 0 Å². The molecule has 21 heavy (non-hydrogen) atoms. The minimum atomic E-state index is -0.0698. The topological polar surface area (TPSA) is 54.1 Å². The van der Waals surface area contributed by atoms with Crippen LogP contribution in [-0.4, -0.2) is 17.5 Å². The standard InChI is InChI=1S/C15H16N2O2S2/c1-8-3-4-12-10(5-8)11(7-19-12)17-14(18)6-13-9(2)16-15(20)21-13/h3-5,11H,6-7H2,1-2H3,(H,16,20)(H,17,18). The Labute approximate surface area is 132 Å². The third kappa shape index (κ3) is 3.01. The molecule has 3 rings (SSSR count). The minimum Gasteiger partial charge on any atom is -0.491 e. The molecular formula is C15H16N2O2S2. The van der Waals surface area contributed by atoms with Gasteiger partial charge in [-0.2, -0.15) is 0 Å². The fourth-order valence-electron chi connectivity index (χ4n) is 2.45. The summed E-state index contributed by atoms with van der Waals surface area (Å²) in [5.41, 5.74) is 3.19. The second-order valence-corrected chi connectivity index (χ2v) is 6.98. The molecule has 0 saturated heterocycles. The maximum absolute atomic E-state index is 12.2. The van der Waals surface area contributed by atoms with E-state index in [1.165, 1.54) is 11.3 Å². The number of H-pyrrole nitrogens is 1. The highest BCUT2D eigenvalue weighted by Crippen LogP contribution is 2.32. The first kappa shape index (κ1) is 14.3. The zero-order chi connectivity index (χ0) is 15.0. The summed E-state index contributed by atoms with van der Waals surface area (Å²) in [5.74, 6) is 0.852. The zero-order valence-electron chi connectivity index (χ0n) is 11.9. The van der Waals surface area contributed by atoms with Crippen molar-refractivity contribution in [2.45, 2.75) is 26.3 Å². The van der Waals surface area contributed by atoms with Crippen molar-refractivity contribution in [3.8, 4) is 5.75 Å². The minimum absolute atomic E-state index is 0.00805. The number of fused-ring (bicyclic) bond motifs is 1. The largest absolute Gasteiger partial charge is 0.491 e. The molecule has 0 aliphatic carbocycles. The number of nitrogens with one attached hydrogen (secondary N) is 2. The molecular weight excluding hydrogens is 304 g/mol. The average molecular weight is 320 g/mol. The van der Waals surface area contributed by atoms with Crippen LogP contribution in [0.1, 0.15) is 27.7 Å². The molecule has 0 saturated carbocycles. The van der Waals surface area contributed by atoms with Crippen LogP contribution in [0, 0.1) is 17.8 Å². The van der Waals surface area contributed by atoms with Gasteiger partial charge in [0, 0.05) is 16.1 Å². The number of benzene rings is 1. The van der Waals surface area contributed by atoms with E-state index in [0.29, 0.717) is 17.0 Å². The lowest BCUT2D eigenvalue weighted by Gasteiger charge is -2.11. The first-order valence-corrected chi connectivity index (χ1v) is 7.96. The number of thiazole rings is 1. The van der Waals surface area contributed by atoms with Gasteiger partial charge in [0.15, 0.2) is 3.95 Å². The SMILES string of the molecule is Cc1ccc2c(c1)C(NC(=O)Cc1sc(=S)[nH]c1C)CO2. The average Bonchev–Trinajstić information content (AvgIpc) is 2.94. The molecule has 0 radical (unpaired) electrons. The molecule has 1 aliphatic heterocycles. The van der Waals surface area contributed by atoms with E-state index < -0.39 is 0 Å². The number of ether oxygens (including phenoxy) is 1. The summed E-state index contributed by atoms with van der Waals surface area (Å²) in [7, 11) is 0. The summed E-state index contributed by atoms with van der Waals surface area (Å²) in [6.07, 6.45) is 0.349. The molecule has 0 fully saturated rings. The molecule has 1 aliphatic rings. The van der Waals surface area contributed by atoms with Crippen LogP contribution in [0.4, 0.5) is 0 Å². The zero-order valence-corrected chi connectivity index (χ0v) is 13.5. The highest BCUT2D eigenvalue weighted by molar-refractivity contribution is 7.73. The van der Waals surface area contributed by atoms with Gasteiger partial charge < -0.3 is 15.0 Å². The van der Waals surface area contributed by atoms with Crippen LogP contribution in [0.5, 0.6) is 5.75 Å². The fourth-order valence-corrected chi connectivity index (χ4v) is 3.74. The van der Waals surface area contributed by atoms with Crippen LogP contribution < -0.4 is 10.1 Å². The van der Waals surface area contributed by atoms with E-state index in [-0.39, 0.29) is 11.9 Å². The smallest absolute Gasteiger partial charge is 0.225 e. The molecule has 1 aromatic carbocycles. The molecule has 4 nitrogen and oxygen atoms in total. The summed E-state index contributed by atoms with van der Waals surface area (Å²) in [6, 6.07) is 5.97. The van der Waals surface area contributed by atoms with E-state index in [9.17, 15) is 4.79 Å². The van der Waals surface area contributed by atoms with Gasteiger partial charge >= 0.3 is 0 Å². The maximum atomic E-state index is 12.2. The predicted octanol–water partition coefficient (Wildman–Crippen LogP) is 3.21. The molecule has 1 atom stereocenters. The Morgan fingerprint density at radius 3 is 3.05 bits per heavy atom. The van der Waals surface area contributed by atoms with Crippen LogP contribution in [0.15, 0.2) is 18.2 Å². The quantitative estimate of drug-likeness (QED) is 0.854. The third-order valence-corrected chi connectivity index (χ3v) is 4.86. The van der Waals surface area contributed by atoms with Gasteiger partial charge in [0.2, 0.25) is 5.91 Å². The highest BCUT2D eigenvalue weighted by Gasteiger charge is 2.25. The van der Waals surface area contributed by atoms with Gasteiger partial charge in [-0.15, -0.1) is 11.3 Å². The molecule has 1 aromatic heterocycles. The van der Waals surface area contributed by atoms with Gasteiger partial charge in [-0.3, -0.25) is 4.79 Å². The molecule has 6 heteroatoms. The van der Waals surface area contributed by atoms with Crippen LogP contribution in [0.25, 0.3) is 0 Å². The van der Waals surface area contributed by atoms with Crippen molar-refractivity contribution in [3.05, 3.63) is 43.9 Å². The number of hydrogen-bond acceptors (Lipinski definition) is 4. The number of carbonyl (C=O) groups is 1. The van der Waals surface area contributed by atoms with Gasteiger partial charge in [-0.1, -0.05) is 17.7 Å². The monoisotopic (exact) mass is 320 g/mol. The summed E-state index contributed by atoms with van der Waals surface area (Å²) in [6.45, 7) is 4.46. The van der Waals surface area contributed by atoms with E-state index in [0.717, 1.165) is 27.4 Å². The number of hydrogen-bond donors (Lipinski definition) is 2. The number of aromatic amines is 1. The number of amides is 1. The molecule has 1 unspecified atom stereocenters. The summed E-state index contributed by atoms with van der Waals surface area (Å²) >= 11 is 6.55. The van der Waals surface area contributed by atoms with Crippen molar-refractivity contribution in [2.75, 3.05) is 6.61 Å². The number of aromatic nitrogens is 1. The Morgan fingerprint density at radius 2 is 2.33 bits per heavy atom. The van der Waals surface area contributed by atoms with Gasteiger partial charge in [0.25, 0.3) is 0 Å². The van der Waals surface area contributed by atoms with Crippen molar-refractivity contribution >= 4 is 29.5 Å². The van der Waals surface area contributed by atoms with E-state index in [2.05, 4.69) is 16.4 Å². The Bertz CT molecular complexity index is 748. The highest BCUT2D eigenvalue weighted by atomic mass is 32.1. The van der Waals surface area contributed by atoms with Crippen molar-refractivity contribution in [1.82, 2.24) is 10.3 Å². The van der Waals surface area contributed by atoms with Gasteiger partial charge in [0.1, 0.15) is 12.4 Å². The predicted molar refractivity (Wildman–Crippen MR) is 85.5 cm³/mol. The first-order valence-electron chi connectivity index (χ1n) is 6.74. The lowest BCUT2D eigenvalue weighted by molar-refractivity contribution is -0.121. The molecule has 110 valence electrons. The lowest BCUT2D eigenvalue weighted by Crippen LogP contribution is -2.30. The van der Waals surface area contributed by atoms with Gasteiger partial charge in [-0.05, 0) is 32.1 Å². The molecule has 1 amide bonds. The van der Waals surface area contributed by atoms with E-state index in [1.807, 2.05) is 26.0 Å². The van der Waals surface area contributed by atoms with E-state index in [1.54, 1.807) is 0 Å². The third-order valence-electron chi connectivity index (χ3n) is 3.53. The first-order chi connectivity index (χ1) is 10.0. The summed E-state index contributed by atoms with van der Waals surface area (Å²) in [5, 5.41) is 3.04. The maximum Gasteiger partial charge on any atom is 0.225 e. The second-order valence-electron chi connectivity index (χ2n) is 5.21. The van der Waals surface area contributed by atoms with Crippen LogP contribution in [-0.2, 0) is 11.2 Å². The Kier molecular flexibility index (Phi) is 3.82. The summed E-state index contributed by atoms with van der Waals surface area (Å²) < 4.78 is 6.32. The normalized spacial score (nSPS) is 16.4. The lowest BCUT2D eigenvalue weighted by atomic mass is 10.1. The van der Waals surface area contributed by atoms with Crippen molar-refractivity contribution in [3.63, 3.8) is 0 Å². The number of aryl methyl sites for hydroxylation is 2. The fraction of sp³-hybridized carbons (Fsp3) is 0.333. The Hall–Kier alpha value is -1.66. The van der Waals surface area contributed by atoms with Crippen molar-refractivity contribution < 1.29 is 9.53 Å².